The Morgan fingerprint density at radius 1 is 0.423 bits per heavy atom. The van der Waals surface area contributed by atoms with Crippen LogP contribution in [0.4, 0.5) is 0 Å². The predicted octanol–water partition coefficient (Wildman–Crippen LogP) is 16.5. The van der Waals surface area contributed by atoms with Crippen molar-refractivity contribution in [2.45, 2.75) is 25.7 Å². The van der Waals surface area contributed by atoms with E-state index in [2.05, 4.69) is 235 Å². The molecule has 0 bridgehead atoms. The Balaban J connectivity index is 0.889. The number of amidine groups is 1. The smallest absolute Gasteiger partial charge is 0.131 e. The Kier molecular flexibility index (Phi) is 10.0. The Labute approximate surface area is 413 Å². The number of fused-ring (bicyclic) bond motifs is 9. The number of aliphatic imine (C=N–C) groups is 1. The normalized spacial score (nSPS) is 13.3. The van der Waals surface area contributed by atoms with Gasteiger partial charge in [-0.1, -0.05) is 208 Å². The summed E-state index contributed by atoms with van der Waals surface area (Å²) >= 11 is 0. The van der Waals surface area contributed by atoms with Crippen LogP contribution in [0, 0.1) is 0 Å². The van der Waals surface area contributed by atoms with E-state index in [-0.39, 0.29) is 5.41 Å². The van der Waals surface area contributed by atoms with Crippen molar-refractivity contribution in [3.8, 4) is 44.8 Å². The molecular weight excluding hydrogens is 861 g/mol. The van der Waals surface area contributed by atoms with Crippen LogP contribution in [0.3, 0.4) is 0 Å². The number of nitrogens with zero attached hydrogens (tertiary/aromatic N) is 3. The molecule has 0 amide bonds. The van der Waals surface area contributed by atoms with E-state index in [0.717, 1.165) is 39.3 Å². The number of aromatic nitrogens is 2. The molecule has 12 aromatic rings. The number of nitrogens with two attached hydrogens (primary N) is 1. The highest BCUT2D eigenvalue weighted by Gasteiger charge is 2.35. The standard InChI is InChI=1S/C67H50N4/c1-67(2)59-23-11-6-18-53(59)54-38-37-49(42-60(54)67)45-31-28-44(29-32-45)30-39-61(69-66(68)48-16-4-3-5-17-48)47-35-33-46(34-36-47)50-40-51(70-62-24-12-7-19-55(62)56-20-8-13-25-63(56)70)43-52(41-50)71-64-26-14-9-21-57(64)58-22-10-15-27-65(58)71/h3-29,31-43H,30H2,1-2H3,(H2,68,69)/b61-39-. The Morgan fingerprint density at radius 2 is 0.887 bits per heavy atom. The van der Waals surface area contributed by atoms with E-state index in [4.69, 9.17) is 10.7 Å². The van der Waals surface area contributed by atoms with Crippen LogP contribution in [0.15, 0.2) is 248 Å². The van der Waals surface area contributed by atoms with Gasteiger partial charge in [-0.2, -0.15) is 0 Å². The average Bonchev–Trinajstić information content (AvgIpc) is 4.03. The lowest BCUT2D eigenvalue weighted by Gasteiger charge is -2.22. The Morgan fingerprint density at radius 3 is 1.46 bits per heavy atom. The van der Waals surface area contributed by atoms with Gasteiger partial charge in [-0.05, 0) is 111 Å². The topological polar surface area (TPSA) is 48.2 Å². The Bertz CT molecular complexity index is 3850. The molecule has 2 heterocycles. The average molecular weight is 911 g/mol. The van der Waals surface area contributed by atoms with E-state index >= 15 is 0 Å². The largest absolute Gasteiger partial charge is 0.383 e. The molecule has 71 heavy (non-hydrogen) atoms. The number of hydrogen-bond donors (Lipinski definition) is 1. The molecular formula is C67H50N4. The summed E-state index contributed by atoms with van der Waals surface area (Å²) in [6.07, 6.45) is 2.90. The van der Waals surface area contributed by atoms with Crippen molar-refractivity contribution in [3.63, 3.8) is 0 Å². The third-order valence-corrected chi connectivity index (χ3v) is 14.8. The van der Waals surface area contributed by atoms with Gasteiger partial charge in [0.05, 0.1) is 27.8 Å². The molecule has 2 N–H and O–H groups in total. The van der Waals surface area contributed by atoms with Crippen molar-refractivity contribution in [1.82, 2.24) is 9.13 Å². The first-order chi connectivity index (χ1) is 34.9. The van der Waals surface area contributed by atoms with Gasteiger partial charge < -0.3 is 14.9 Å². The molecule has 2 aromatic heterocycles. The van der Waals surface area contributed by atoms with Crippen molar-refractivity contribution >= 4 is 55.1 Å². The molecule has 0 aliphatic heterocycles. The zero-order chi connectivity index (χ0) is 47.6. The Hall–Kier alpha value is -8.99. The number of allylic oxidation sites excluding steroid dienone is 1. The molecule has 1 aliphatic rings. The molecule has 0 fully saturated rings. The molecule has 0 atom stereocenters. The summed E-state index contributed by atoms with van der Waals surface area (Å²) in [7, 11) is 0. The second-order valence-corrected chi connectivity index (χ2v) is 19.3. The van der Waals surface area contributed by atoms with E-state index in [9.17, 15) is 0 Å². The highest BCUT2D eigenvalue weighted by Crippen LogP contribution is 2.49. The summed E-state index contributed by atoms with van der Waals surface area (Å²) in [6.45, 7) is 4.68. The van der Waals surface area contributed by atoms with E-state index in [0.29, 0.717) is 12.3 Å². The molecule has 4 nitrogen and oxygen atoms in total. The lowest BCUT2D eigenvalue weighted by molar-refractivity contribution is 0.660. The number of hydrogen-bond acceptors (Lipinski definition) is 1. The molecule has 0 radical (unpaired) electrons. The van der Waals surface area contributed by atoms with Crippen molar-refractivity contribution in [2.24, 2.45) is 10.7 Å². The van der Waals surface area contributed by atoms with Crippen LogP contribution in [-0.2, 0) is 11.8 Å². The number of rotatable bonds is 9. The fourth-order valence-corrected chi connectivity index (χ4v) is 11.2. The van der Waals surface area contributed by atoms with Gasteiger partial charge in [0.15, 0.2) is 0 Å². The van der Waals surface area contributed by atoms with Gasteiger partial charge in [-0.3, -0.25) is 0 Å². The molecule has 0 saturated heterocycles. The first-order valence-corrected chi connectivity index (χ1v) is 24.5. The van der Waals surface area contributed by atoms with E-state index in [1.54, 1.807) is 0 Å². The maximum absolute atomic E-state index is 6.78. The van der Waals surface area contributed by atoms with Crippen LogP contribution in [0.25, 0.3) is 94.1 Å². The van der Waals surface area contributed by atoms with Crippen LogP contribution in [0.1, 0.15) is 41.7 Å². The quantitative estimate of drug-likeness (QED) is 0.114. The van der Waals surface area contributed by atoms with E-state index in [1.165, 1.54) is 82.6 Å². The van der Waals surface area contributed by atoms with Gasteiger partial charge >= 0.3 is 0 Å². The predicted molar refractivity (Wildman–Crippen MR) is 299 cm³/mol. The van der Waals surface area contributed by atoms with Gasteiger partial charge in [-0.15, -0.1) is 0 Å². The van der Waals surface area contributed by atoms with Gasteiger partial charge in [0.1, 0.15) is 5.84 Å². The molecule has 1 aliphatic carbocycles. The lowest BCUT2D eigenvalue weighted by Crippen LogP contribution is -2.14. The molecule has 0 spiro atoms. The van der Waals surface area contributed by atoms with Crippen LogP contribution >= 0.6 is 0 Å². The monoisotopic (exact) mass is 910 g/mol. The first kappa shape index (κ1) is 42.1. The van der Waals surface area contributed by atoms with Crippen molar-refractivity contribution < 1.29 is 0 Å². The summed E-state index contributed by atoms with van der Waals surface area (Å²) in [5.41, 5.74) is 27.6. The zero-order valence-electron chi connectivity index (χ0n) is 39.7. The van der Waals surface area contributed by atoms with Crippen LogP contribution in [0.2, 0.25) is 0 Å². The maximum atomic E-state index is 6.78. The highest BCUT2D eigenvalue weighted by molar-refractivity contribution is 6.11. The minimum absolute atomic E-state index is 0.0444. The molecule has 10 aromatic carbocycles. The van der Waals surface area contributed by atoms with Gasteiger partial charge in [0.25, 0.3) is 0 Å². The zero-order valence-corrected chi connectivity index (χ0v) is 39.7. The summed E-state index contributed by atoms with van der Waals surface area (Å²) < 4.78 is 4.83. The highest BCUT2D eigenvalue weighted by atomic mass is 15.0. The first-order valence-electron chi connectivity index (χ1n) is 24.5. The molecule has 13 rings (SSSR count). The lowest BCUT2D eigenvalue weighted by atomic mass is 9.81. The number of benzene rings is 10. The molecule has 338 valence electrons. The maximum Gasteiger partial charge on any atom is 0.131 e. The van der Waals surface area contributed by atoms with Gasteiger partial charge in [0, 0.05) is 43.9 Å². The summed E-state index contributed by atoms with van der Waals surface area (Å²) in [5, 5.41) is 4.93. The van der Waals surface area contributed by atoms with Crippen LogP contribution in [0.5, 0.6) is 0 Å². The third-order valence-electron chi connectivity index (χ3n) is 14.8. The molecule has 4 heteroatoms. The van der Waals surface area contributed by atoms with Gasteiger partial charge in [0.2, 0.25) is 0 Å². The van der Waals surface area contributed by atoms with Crippen molar-refractivity contribution in [3.05, 3.63) is 270 Å². The number of para-hydroxylation sites is 4. The third kappa shape index (κ3) is 7.18. The minimum Gasteiger partial charge on any atom is -0.383 e. The van der Waals surface area contributed by atoms with E-state index < -0.39 is 0 Å². The fraction of sp³-hybridized carbons (Fsp3) is 0.0597. The second kappa shape index (κ2) is 16.9. The van der Waals surface area contributed by atoms with Crippen molar-refractivity contribution in [1.29, 1.82) is 0 Å². The molecule has 0 unspecified atom stereocenters. The SMILES string of the molecule is CC1(C)c2ccccc2-c2ccc(-c3ccc(C/C=C(\N=C(N)c4ccccc4)c4ccc(-c5cc(-n6c7ccccc7c7ccccc76)cc(-n6c7ccccc7c7ccccc76)c5)cc4)cc3)cc21. The van der Waals surface area contributed by atoms with E-state index in [1.807, 2.05) is 30.3 Å². The van der Waals surface area contributed by atoms with Gasteiger partial charge in [-0.25, -0.2) is 4.99 Å². The van der Waals surface area contributed by atoms with Crippen LogP contribution in [-0.4, -0.2) is 15.0 Å². The minimum atomic E-state index is -0.0444. The molecule has 0 saturated carbocycles. The summed E-state index contributed by atoms with van der Waals surface area (Å²) in [4.78, 5) is 5.12. The fourth-order valence-electron chi connectivity index (χ4n) is 11.2. The summed E-state index contributed by atoms with van der Waals surface area (Å²) in [6, 6.07) is 85.5. The van der Waals surface area contributed by atoms with Crippen LogP contribution < -0.4 is 5.73 Å². The summed E-state index contributed by atoms with van der Waals surface area (Å²) in [5.74, 6) is 0.479. The second-order valence-electron chi connectivity index (χ2n) is 19.3. The van der Waals surface area contributed by atoms with Crippen molar-refractivity contribution in [2.75, 3.05) is 0 Å².